The van der Waals surface area contributed by atoms with Gasteiger partial charge >= 0.3 is 0 Å². The van der Waals surface area contributed by atoms with Gasteiger partial charge in [-0.3, -0.25) is 4.79 Å². The second-order valence-electron chi connectivity index (χ2n) is 5.35. The first-order valence-corrected chi connectivity index (χ1v) is 11.5. The summed E-state index contributed by atoms with van der Waals surface area (Å²) in [7, 11) is 0. The second kappa shape index (κ2) is 10.8. The number of nitrogens with zero attached hydrogens (tertiary/aromatic N) is 3. The summed E-state index contributed by atoms with van der Waals surface area (Å²) in [6.07, 6.45) is 1.52. The molecule has 144 valence electrons. The van der Waals surface area contributed by atoms with Gasteiger partial charge in [-0.2, -0.15) is 5.10 Å². The van der Waals surface area contributed by atoms with E-state index in [4.69, 9.17) is 23.2 Å². The fourth-order valence-corrected chi connectivity index (χ4v) is 5.03. The molecule has 1 amide bonds. The van der Waals surface area contributed by atoms with Crippen LogP contribution in [0.15, 0.2) is 62.3 Å². The molecular formula is C18H14Cl2N4OS3. The van der Waals surface area contributed by atoms with Crippen molar-refractivity contribution in [1.29, 1.82) is 0 Å². The van der Waals surface area contributed by atoms with E-state index < -0.39 is 0 Å². The third-order valence-corrected chi connectivity index (χ3v) is 7.15. The maximum atomic E-state index is 11.9. The van der Waals surface area contributed by atoms with E-state index in [2.05, 4.69) is 20.7 Å². The lowest BCUT2D eigenvalue weighted by atomic mass is 10.2. The van der Waals surface area contributed by atoms with Gasteiger partial charge in [0.05, 0.1) is 12.0 Å². The SMILES string of the molecule is O=C(CSc1nnc(SCc2ccc(Cl)cc2)s1)NN=Cc1ccccc1Cl. The molecule has 0 fully saturated rings. The van der Waals surface area contributed by atoms with Crippen molar-refractivity contribution in [3.63, 3.8) is 0 Å². The van der Waals surface area contributed by atoms with E-state index in [-0.39, 0.29) is 11.7 Å². The molecule has 0 aliphatic heterocycles. The van der Waals surface area contributed by atoms with Crippen LogP contribution in [0.5, 0.6) is 0 Å². The topological polar surface area (TPSA) is 67.2 Å². The van der Waals surface area contributed by atoms with Gasteiger partial charge in [-0.1, -0.05) is 88.4 Å². The highest BCUT2D eigenvalue weighted by Gasteiger charge is 2.08. The average Bonchev–Trinajstić information content (AvgIpc) is 3.15. The number of hydrazone groups is 1. The zero-order valence-electron chi connectivity index (χ0n) is 14.3. The standard InChI is InChI=1S/C18H14Cl2N4OS3/c19-14-7-5-12(6-8-14)10-26-17-23-24-18(28-17)27-11-16(25)22-21-9-13-3-1-2-4-15(13)20/h1-9H,10-11H2,(H,22,25). The smallest absolute Gasteiger partial charge is 0.250 e. The van der Waals surface area contributed by atoms with Crippen LogP contribution < -0.4 is 5.43 Å². The number of benzene rings is 2. The van der Waals surface area contributed by atoms with Gasteiger partial charge in [-0.05, 0) is 23.8 Å². The molecule has 0 aliphatic carbocycles. The molecule has 0 saturated carbocycles. The van der Waals surface area contributed by atoms with Crippen molar-refractivity contribution in [2.24, 2.45) is 5.10 Å². The number of halogens is 2. The summed E-state index contributed by atoms with van der Waals surface area (Å²) < 4.78 is 1.60. The summed E-state index contributed by atoms with van der Waals surface area (Å²) in [4.78, 5) is 11.9. The van der Waals surface area contributed by atoms with Crippen molar-refractivity contribution in [2.75, 3.05) is 5.75 Å². The predicted octanol–water partition coefficient (Wildman–Crippen LogP) is 5.38. The van der Waals surface area contributed by atoms with Gasteiger partial charge in [0.15, 0.2) is 8.68 Å². The molecule has 0 spiro atoms. The third-order valence-electron chi connectivity index (χ3n) is 3.29. The monoisotopic (exact) mass is 468 g/mol. The van der Waals surface area contributed by atoms with E-state index in [1.165, 1.54) is 29.3 Å². The summed E-state index contributed by atoms with van der Waals surface area (Å²) in [5, 5.41) is 13.5. The van der Waals surface area contributed by atoms with E-state index >= 15 is 0 Å². The van der Waals surface area contributed by atoms with Gasteiger partial charge in [0.2, 0.25) is 0 Å². The lowest BCUT2D eigenvalue weighted by molar-refractivity contribution is -0.118. The summed E-state index contributed by atoms with van der Waals surface area (Å²) >= 11 is 16.3. The Morgan fingerprint density at radius 3 is 2.54 bits per heavy atom. The van der Waals surface area contributed by atoms with Crippen LogP contribution >= 0.6 is 58.1 Å². The molecular weight excluding hydrogens is 455 g/mol. The van der Waals surface area contributed by atoms with Crippen LogP contribution in [0, 0.1) is 0 Å². The van der Waals surface area contributed by atoms with Gasteiger partial charge in [0.1, 0.15) is 0 Å². The highest BCUT2D eigenvalue weighted by Crippen LogP contribution is 2.30. The Morgan fingerprint density at radius 1 is 1.07 bits per heavy atom. The molecule has 0 bridgehead atoms. The molecule has 2 aromatic carbocycles. The lowest BCUT2D eigenvalue weighted by Gasteiger charge is -1.99. The fraction of sp³-hybridized carbons (Fsp3) is 0.111. The molecule has 0 aliphatic rings. The fourth-order valence-electron chi connectivity index (χ4n) is 1.95. The molecule has 5 nitrogen and oxygen atoms in total. The van der Waals surface area contributed by atoms with Crippen molar-refractivity contribution >= 4 is 70.2 Å². The van der Waals surface area contributed by atoms with Gasteiger partial charge in [-0.25, -0.2) is 5.43 Å². The summed E-state index contributed by atoms with van der Waals surface area (Å²) in [5.41, 5.74) is 4.38. The van der Waals surface area contributed by atoms with Crippen LogP contribution in [-0.4, -0.2) is 28.1 Å². The maximum Gasteiger partial charge on any atom is 0.250 e. The van der Waals surface area contributed by atoms with Crippen LogP contribution in [0.25, 0.3) is 0 Å². The van der Waals surface area contributed by atoms with Crippen LogP contribution in [0.2, 0.25) is 10.0 Å². The number of carbonyl (C=O) groups is 1. The molecule has 1 aromatic heterocycles. The van der Waals surface area contributed by atoms with Crippen molar-refractivity contribution < 1.29 is 4.79 Å². The zero-order chi connectivity index (χ0) is 19.8. The molecule has 0 radical (unpaired) electrons. The molecule has 1 heterocycles. The van der Waals surface area contributed by atoms with Crippen LogP contribution in [0.1, 0.15) is 11.1 Å². The molecule has 1 N–H and O–H groups in total. The van der Waals surface area contributed by atoms with Gasteiger partial charge in [0, 0.05) is 21.4 Å². The molecule has 3 rings (SSSR count). The molecule has 0 atom stereocenters. The number of rotatable bonds is 8. The summed E-state index contributed by atoms with van der Waals surface area (Å²) in [6, 6.07) is 15.0. The van der Waals surface area contributed by atoms with E-state index in [1.54, 1.807) is 17.8 Å². The van der Waals surface area contributed by atoms with Gasteiger partial charge < -0.3 is 0 Å². The van der Waals surface area contributed by atoms with E-state index in [0.29, 0.717) is 5.02 Å². The minimum absolute atomic E-state index is 0.205. The number of hydrogen-bond donors (Lipinski definition) is 1. The molecule has 0 saturated heterocycles. The lowest BCUT2D eigenvalue weighted by Crippen LogP contribution is -2.19. The molecule has 3 aromatic rings. The first kappa shape index (κ1) is 21.1. The van der Waals surface area contributed by atoms with Crippen molar-refractivity contribution in [2.45, 2.75) is 14.4 Å². The number of amides is 1. The molecule has 28 heavy (non-hydrogen) atoms. The van der Waals surface area contributed by atoms with Crippen molar-refractivity contribution in [1.82, 2.24) is 15.6 Å². The first-order valence-electron chi connectivity index (χ1n) is 8.00. The Labute approximate surface area is 184 Å². The van der Waals surface area contributed by atoms with Gasteiger partial charge in [0.25, 0.3) is 5.91 Å². The quantitative estimate of drug-likeness (QED) is 0.273. The number of aromatic nitrogens is 2. The Bertz CT molecular complexity index is 963. The van der Waals surface area contributed by atoms with Gasteiger partial charge in [-0.15, -0.1) is 10.2 Å². The predicted molar refractivity (Wildman–Crippen MR) is 119 cm³/mol. The summed E-state index contributed by atoms with van der Waals surface area (Å²) in [5.74, 6) is 0.767. The van der Waals surface area contributed by atoms with E-state index in [9.17, 15) is 4.79 Å². The van der Waals surface area contributed by atoms with E-state index in [1.807, 2.05) is 42.5 Å². The third kappa shape index (κ3) is 6.79. The number of carbonyl (C=O) groups excluding carboxylic acids is 1. The Balaban J connectivity index is 1.41. The molecule has 10 heteroatoms. The highest BCUT2D eigenvalue weighted by molar-refractivity contribution is 8.03. The van der Waals surface area contributed by atoms with E-state index in [0.717, 1.165) is 30.6 Å². The Hall–Kier alpha value is -1.58. The number of thioether (sulfide) groups is 2. The Kier molecular flexibility index (Phi) is 8.17. The maximum absolute atomic E-state index is 11.9. The number of hydrogen-bond acceptors (Lipinski definition) is 7. The van der Waals surface area contributed by atoms with Crippen molar-refractivity contribution in [3.05, 3.63) is 69.7 Å². The first-order chi connectivity index (χ1) is 13.6. The second-order valence-corrected chi connectivity index (χ2v) is 9.62. The minimum Gasteiger partial charge on any atom is -0.272 e. The van der Waals surface area contributed by atoms with Crippen LogP contribution in [-0.2, 0) is 10.5 Å². The zero-order valence-corrected chi connectivity index (χ0v) is 18.3. The normalized spacial score (nSPS) is 11.1. The average molecular weight is 469 g/mol. The van der Waals surface area contributed by atoms with Crippen LogP contribution in [0.4, 0.5) is 0 Å². The Morgan fingerprint density at radius 2 is 1.79 bits per heavy atom. The highest BCUT2D eigenvalue weighted by atomic mass is 35.5. The number of nitrogens with one attached hydrogen (secondary N) is 1. The van der Waals surface area contributed by atoms with Crippen molar-refractivity contribution in [3.8, 4) is 0 Å². The van der Waals surface area contributed by atoms with Crippen LogP contribution in [0.3, 0.4) is 0 Å². The summed E-state index contributed by atoms with van der Waals surface area (Å²) in [6.45, 7) is 0. The largest absolute Gasteiger partial charge is 0.272 e. The minimum atomic E-state index is -0.223. The molecule has 0 unspecified atom stereocenters.